The number of nitrogens with zero attached hydrogens (tertiary/aromatic N) is 6. The largest absolute Gasteiger partial charge is 0.336 e. The Morgan fingerprint density at radius 3 is 2.90 bits per heavy atom. The standard InChI is InChI=1S/C13H11N7S/c1-19-7-10(6-14-19)15-11-2-3-12-16-17-13(20(12)18-11)9-4-5-21-8-9/h2-8H,1H3,(H,15,18). The predicted octanol–water partition coefficient (Wildman–Crippen LogP) is 2.33. The number of hydrogen-bond acceptors (Lipinski definition) is 6. The third-order valence-corrected chi connectivity index (χ3v) is 3.70. The Labute approximate surface area is 123 Å². The van der Waals surface area contributed by atoms with Crippen LogP contribution in [0, 0.1) is 0 Å². The SMILES string of the molecule is Cn1cc(Nc2ccc3nnc(-c4ccsc4)n3n2)cn1. The van der Waals surface area contributed by atoms with Gasteiger partial charge in [0.25, 0.3) is 0 Å². The van der Waals surface area contributed by atoms with Gasteiger partial charge in [-0.3, -0.25) is 4.68 Å². The number of aryl methyl sites for hydroxylation is 1. The van der Waals surface area contributed by atoms with Crippen molar-refractivity contribution < 1.29 is 0 Å². The van der Waals surface area contributed by atoms with E-state index in [-0.39, 0.29) is 0 Å². The van der Waals surface area contributed by atoms with E-state index in [1.807, 2.05) is 42.2 Å². The van der Waals surface area contributed by atoms with Gasteiger partial charge in [-0.1, -0.05) is 0 Å². The molecule has 0 amide bonds. The second-order valence-corrected chi connectivity index (χ2v) is 5.33. The summed E-state index contributed by atoms with van der Waals surface area (Å²) < 4.78 is 3.47. The molecule has 4 heterocycles. The third kappa shape index (κ3) is 2.15. The first-order valence-electron chi connectivity index (χ1n) is 6.30. The Balaban J connectivity index is 1.76. The summed E-state index contributed by atoms with van der Waals surface area (Å²) in [6.07, 6.45) is 3.63. The van der Waals surface area contributed by atoms with Crippen molar-refractivity contribution in [2.45, 2.75) is 0 Å². The summed E-state index contributed by atoms with van der Waals surface area (Å²) in [4.78, 5) is 0. The van der Waals surface area contributed by atoms with Crippen LogP contribution in [-0.4, -0.2) is 29.6 Å². The Morgan fingerprint density at radius 2 is 2.14 bits per heavy atom. The molecule has 8 heteroatoms. The van der Waals surface area contributed by atoms with Crippen molar-refractivity contribution in [1.29, 1.82) is 0 Å². The van der Waals surface area contributed by atoms with Crippen LogP contribution in [0.2, 0.25) is 0 Å². The molecule has 0 spiro atoms. The van der Waals surface area contributed by atoms with Crippen LogP contribution in [0.25, 0.3) is 17.0 Å². The lowest BCUT2D eigenvalue weighted by molar-refractivity contribution is 0.768. The van der Waals surface area contributed by atoms with Crippen LogP contribution >= 0.6 is 11.3 Å². The molecule has 0 aliphatic rings. The molecule has 0 aromatic carbocycles. The van der Waals surface area contributed by atoms with Gasteiger partial charge in [0.2, 0.25) is 0 Å². The Bertz CT molecular complexity index is 890. The first-order chi connectivity index (χ1) is 10.3. The van der Waals surface area contributed by atoms with Crippen molar-refractivity contribution >= 4 is 28.5 Å². The Kier molecular flexibility index (Phi) is 2.68. The molecule has 0 saturated carbocycles. The average Bonchev–Trinajstić information content (AvgIpc) is 3.18. The zero-order valence-corrected chi connectivity index (χ0v) is 11.9. The summed E-state index contributed by atoms with van der Waals surface area (Å²) in [5.74, 6) is 1.45. The molecular weight excluding hydrogens is 286 g/mol. The van der Waals surface area contributed by atoms with Gasteiger partial charge in [0.05, 0.1) is 11.9 Å². The zero-order valence-electron chi connectivity index (χ0n) is 11.1. The van der Waals surface area contributed by atoms with Gasteiger partial charge in [0.15, 0.2) is 17.3 Å². The number of rotatable bonds is 3. The monoisotopic (exact) mass is 297 g/mol. The molecule has 0 bridgehead atoms. The maximum atomic E-state index is 4.54. The molecule has 4 aromatic heterocycles. The van der Waals surface area contributed by atoms with E-state index in [4.69, 9.17) is 0 Å². The first kappa shape index (κ1) is 12.0. The van der Waals surface area contributed by atoms with E-state index in [0.717, 1.165) is 17.1 Å². The lowest BCUT2D eigenvalue weighted by atomic mass is 10.3. The quantitative estimate of drug-likeness (QED) is 0.628. The van der Waals surface area contributed by atoms with E-state index < -0.39 is 0 Å². The number of thiophene rings is 1. The fraction of sp³-hybridized carbons (Fsp3) is 0.0769. The van der Waals surface area contributed by atoms with E-state index in [1.165, 1.54) is 0 Å². The molecule has 21 heavy (non-hydrogen) atoms. The second kappa shape index (κ2) is 4.67. The van der Waals surface area contributed by atoms with E-state index >= 15 is 0 Å². The van der Waals surface area contributed by atoms with Gasteiger partial charge in [0, 0.05) is 24.2 Å². The highest BCUT2D eigenvalue weighted by Crippen LogP contribution is 2.21. The van der Waals surface area contributed by atoms with E-state index in [2.05, 4.69) is 25.7 Å². The molecule has 0 radical (unpaired) electrons. The maximum Gasteiger partial charge on any atom is 0.186 e. The number of nitrogens with one attached hydrogen (secondary N) is 1. The van der Waals surface area contributed by atoms with Gasteiger partial charge < -0.3 is 5.32 Å². The summed E-state index contributed by atoms with van der Waals surface area (Å²) in [5, 5.41) is 24.3. The smallest absolute Gasteiger partial charge is 0.186 e. The molecule has 104 valence electrons. The van der Waals surface area contributed by atoms with E-state index in [9.17, 15) is 0 Å². The van der Waals surface area contributed by atoms with Crippen molar-refractivity contribution in [3.63, 3.8) is 0 Å². The number of anilines is 2. The van der Waals surface area contributed by atoms with Crippen LogP contribution in [0.15, 0.2) is 41.4 Å². The number of aromatic nitrogens is 6. The average molecular weight is 297 g/mol. The molecular formula is C13H11N7S. The molecule has 0 saturated heterocycles. The first-order valence-corrected chi connectivity index (χ1v) is 7.24. The normalized spacial score (nSPS) is 11.1. The van der Waals surface area contributed by atoms with Crippen molar-refractivity contribution in [3.05, 3.63) is 41.4 Å². The molecule has 1 N–H and O–H groups in total. The van der Waals surface area contributed by atoms with Crippen LogP contribution in [0.4, 0.5) is 11.5 Å². The predicted molar refractivity (Wildman–Crippen MR) is 80.6 cm³/mol. The second-order valence-electron chi connectivity index (χ2n) is 4.55. The van der Waals surface area contributed by atoms with Gasteiger partial charge in [-0.25, -0.2) is 0 Å². The minimum atomic E-state index is 0.715. The molecule has 4 rings (SSSR count). The highest BCUT2D eigenvalue weighted by atomic mass is 32.1. The van der Waals surface area contributed by atoms with Gasteiger partial charge in [-0.05, 0) is 23.6 Å². The summed E-state index contributed by atoms with van der Waals surface area (Å²) in [6, 6.07) is 5.76. The minimum Gasteiger partial charge on any atom is -0.336 e. The van der Waals surface area contributed by atoms with Gasteiger partial charge >= 0.3 is 0 Å². The summed E-state index contributed by atoms with van der Waals surface area (Å²) in [5.41, 5.74) is 2.61. The fourth-order valence-corrected chi connectivity index (χ4v) is 2.70. The summed E-state index contributed by atoms with van der Waals surface area (Å²) in [6.45, 7) is 0. The van der Waals surface area contributed by atoms with Crippen molar-refractivity contribution in [2.75, 3.05) is 5.32 Å². The van der Waals surface area contributed by atoms with E-state index in [1.54, 1.807) is 26.7 Å². The molecule has 4 aromatic rings. The van der Waals surface area contributed by atoms with Crippen LogP contribution in [0.5, 0.6) is 0 Å². The lowest BCUT2D eigenvalue weighted by Crippen LogP contribution is -1.99. The van der Waals surface area contributed by atoms with Crippen molar-refractivity contribution in [3.8, 4) is 11.4 Å². The minimum absolute atomic E-state index is 0.715. The topological polar surface area (TPSA) is 72.9 Å². The van der Waals surface area contributed by atoms with Crippen molar-refractivity contribution in [1.82, 2.24) is 29.6 Å². The molecule has 0 unspecified atom stereocenters. The molecule has 0 aliphatic heterocycles. The summed E-state index contributed by atoms with van der Waals surface area (Å²) in [7, 11) is 1.87. The number of fused-ring (bicyclic) bond motifs is 1. The van der Waals surface area contributed by atoms with Crippen molar-refractivity contribution in [2.24, 2.45) is 7.05 Å². The van der Waals surface area contributed by atoms with Crippen LogP contribution in [-0.2, 0) is 7.05 Å². The third-order valence-electron chi connectivity index (χ3n) is 3.02. The Morgan fingerprint density at radius 1 is 1.19 bits per heavy atom. The van der Waals surface area contributed by atoms with E-state index in [0.29, 0.717) is 11.5 Å². The highest BCUT2D eigenvalue weighted by molar-refractivity contribution is 7.08. The number of hydrogen-bond donors (Lipinski definition) is 1. The molecule has 0 atom stereocenters. The molecule has 7 nitrogen and oxygen atoms in total. The van der Waals surface area contributed by atoms with Crippen LogP contribution in [0.3, 0.4) is 0 Å². The molecule has 0 fully saturated rings. The van der Waals surface area contributed by atoms with Gasteiger partial charge in [-0.15, -0.1) is 15.3 Å². The summed E-state index contributed by atoms with van der Waals surface area (Å²) >= 11 is 1.62. The Hall–Kier alpha value is -2.74. The van der Waals surface area contributed by atoms with Gasteiger partial charge in [0.1, 0.15) is 0 Å². The van der Waals surface area contributed by atoms with Gasteiger partial charge in [-0.2, -0.15) is 21.0 Å². The molecule has 0 aliphatic carbocycles. The lowest BCUT2D eigenvalue weighted by Gasteiger charge is -2.03. The highest BCUT2D eigenvalue weighted by Gasteiger charge is 2.10. The van der Waals surface area contributed by atoms with Crippen LogP contribution in [0.1, 0.15) is 0 Å². The van der Waals surface area contributed by atoms with Crippen LogP contribution < -0.4 is 5.32 Å². The zero-order chi connectivity index (χ0) is 14.2. The fourth-order valence-electron chi connectivity index (χ4n) is 2.06. The maximum absolute atomic E-state index is 4.54.